The zero-order valence-corrected chi connectivity index (χ0v) is 10.5. The van der Waals surface area contributed by atoms with Gasteiger partial charge < -0.3 is 10.1 Å². The minimum absolute atomic E-state index is 0.360. The fourth-order valence-electron chi connectivity index (χ4n) is 1.02. The van der Waals surface area contributed by atoms with Gasteiger partial charge in [-0.15, -0.1) is 0 Å². The molecule has 0 aliphatic heterocycles. The third-order valence-electron chi connectivity index (χ3n) is 1.81. The van der Waals surface area contributed by atoms with Crippen LogP contribution in [0.2, 0.25) is 0 Å². The maximum Gasteiger partial charge on any atom is 0.143 e. The molecule has 0 aliphatic rings. The number of hydrogen-bond acceptors (Lipinski definition) is 4. The average Bonchev–Trinajstić information content (AvgIpc) is 2.18. The van der Waals surface area contributed by atoms with Gasteiger partial charge in [0.2, 0.25) is 0 Å². The van der Waals surface area contributed by atoms with Crippen molar-refractivity contribution in [2.45, 2.75) is 19.4 Å². The van der Waals surface area contributed by atoms with E-state index in [1.807, 2.05) is 0 Å². The van der Waals surface area contributed by atoms with Gasteiger partial charge in [-0.1, -0.05) is 0 Å². The first kappa shape index (κ1) is 11.6. The second-order valence-corrected chi connectivity index (χ2v) is 4.21. The Morgan fingerprint density at radius 2 is 2.43 bits per heavy atom. The van der Waals surface area contributed by atoms with Crippen LogP contribution >= 0.6 is 22.6 Å². The van der Waals surface area contributed by atoms with Crippen LogP contribution in [-0.2, 0) is 4.74 Å². The summed E-state index contributed by atoms with van der Waals surface area (Å²) in [7, 11) is 1.71. The van der Waals surface area contributed by atoms with Crippen LogP contribution in [0.3, 0.4) is 0 Å². The molecule has 14 heavy (non-hydrogen) atoms. The fraction of sp³-hybridized carbons (Fsp3) is 0.556. The highest BCUT2D eigenvalue weighted by Crippen LogP contribution is 2.14. The summed E-state index contributed by atoms with van der Waals surface area (Å²) < 4.78 is 6.04. The van der Waals surface area contributed by atoms with Crippen LogP contribution in [-0.4, -0.2) is 29.7 Å². The maximum atomic E-state index is 5.01. The van der Waals surface area contributed by atoms with Crippen LogP contribution in [0, 0.1) is 3.57 Å². The summed E-state index contributed by atoms with van der Waals surface area (Å²) in [6.45, 7) is 2.87. The van der Waals surface area contributed by atoms with Crippen LogP contribution < -0.4 is 5.32 Å². The Bertz CT molecular complexity index is 283. The molecule has 1 aromatic rings. The van der Waals surface area contributed by atoms with E-state index in [-0.39, 0.29) is 0 Å². The molecule has 0 aliphatic carbocycles. The first-order chi connectivity index (χ1) is 6.74. The zero-order chi connectivity index (χ0) is 10.4. The third-order valence-corrected chi connectivity index (χ3v) is 2.60. The van der Waals surface area contributed by atoms with Crippen molar-refractivity contribution in [3.63, 3.8) is 0 Å². The lowest BCUT2D eigenvalue weighted by Gasteiger charge is -2.14. The number of methoxy groups -OCH3 is 1. The second kappa shape index (κ2) is 6.13. The van der Waals surface area contributed by atoms with Gasteiger partial charge in [-0.25, -0.2) is 9.97 Å². The molecule has 1 N–H and O–H groups in total. The molecule has 1 unspecified atom stereocenters. The molecule has 1 rings (SSSR count). The summed E-state index contributed by atoms with van der Waals surface area (Å²) in [4.78, 5) is 8.09. The Morgan fingerprint density at radius 3 is 3.07 bits per heavy atom. The van der Waals surface area contributed by atoms with Crippen LogP contribution in [0.25, 0.3) is 0 Å². The Kier molecular flexibility index (Phi) is 5.10. The first-order valence-corrected chi connectivity index (χ1v) is 5.53. The van der Waals surface area contributed by atoms with Crippen LogP contribution in [0.5, 0.6) is 0 Å². The number of nitrogens with zero attached hydrogens (tertiary/aromatic N) is 2. The van der Waals surface area contributed by atoms with Crippen molar-refractivity contribution in [1.82, 2.24) is 9.97 Å². The fourth-order valence-corrected chi connectivity index (χ4v) is 1.47. The lowest BCUT2D eigenvalue weighted by molar-refractivity contribution is 0.191. The molecular weight excluding hydrogens is 293 g/mol. The van der Waals surface area contributed by atoms with Crippen molar-refractivity contribution in [2.24, 2.45) is 0 Å². The second-order valence-electron chi connectivity index (χ2n) is 3.05. The predicted octanol–water partition coefficient (Wildman–Crippen LogP) is 1.92. The molecule has 1 aromatic heterocycles. The highest BCUT2D eigenvalue weighted by molar-refractivity contribution is 14.1. The molecule has 5 heteroatoms. The number of ether oxygens (including phenoxy) is 1. The smallest absolute Gasteiger partial charge is 0.143 e. The lowest BCUT2D eigenvalue weighted by Crippen LogP contribution is -2.18. The van der Waals surface area contributed by atoms with E-state index >= 15 is 0 Å². The van der Waals surface area contributed by atoms with E-state index in [1.54, 1.807) is 19.6 Å². The van der Waals surface area contributed by atoms with E-state index < -0.39 is 0 Å². The minimum Gasteiger partial charge on any atom is -0.385 e. The zero-order valence-electron chi connectivity index (χ0n) is 8.33. The van der Waals surface area contributed by atoms with Gasteiger partial charge in [-0.3, -0.25) is 0 Å². The van der Waals surface area contributed by atoms with E-state index in [9.17, 15) is 0 Å². The number of halogens is 1. The molecule has 78 valence electrons. The standard InChI is InChI=1S/C9H14IN3O/c1-7(3-4-14-2)13-9-8(10)5-11-6-12-9/h5-7H,3-4H2,1-2H3,(H,11,12,13). The number of aromatic nitrogens is 2. The number of rotatable bonds is 5. The summed E-state index contributed by atoms with van der Waals surface area (Å²) in [5.74, 6) is 0.893. The molecule has 0 bridgehead atoms. The quantitative estimate of drug-likeness (QED) is 0.844. The number of hydrogen-bond donors (Lipinski definition) is 1. The van der Waals surface area contributed by atoms with Gasteiger partial charge in [0.05, 0.1) is 3.57 Å². The molecule has 0 saturated heterocycles. The van der Waals surface area contributed by atoms with Crippen molar-refractivity contribution in [2.75, 3.05) is 19.0 Å². The topological polar surface area (TPSA) is 47.0 Å². The molecular formula is C9H14IN3O. The van der Waals surface area contributed by atoms with Gasteiger partial charge in [0.15, 0.2) is 0 Å². The minimum atomic E-state index is 0.360. The van der Waals surface area contributed by atoms with E-state index in [1.165, 1.54) is 0 Å². The Balaban J connectivity index is 2.47. The average molecular weight is 307 g/mol. The Labute approximate surface area is 97.6 Å². The normalized spacial score (nSPS) is 12.5. The first-order valence-electron chi connectivity index (χ1n) is 4.45. The van der Waals surface area contributed by atoms with Crippen LogP contribution in [0.4, 0.5) is 5.82 Å². The number of nitrogens with one attached hydrogen (secondary N) is 1. The lowest BCUT2D eigenvalue weighted by atomic mass is 10.2. The third kappa shape index (κ3) is 3.75. The highest BCUT2D eigenvalue weighted by Gasteiger charge is 2.05. The Hall–Kier alpha value is -0.430. The summed E-state index contributed by atoms with van der Waals surface area (Å²) >= 11 is 2.21. The predicted molar refractivity (Wildman–Crippen MR) is 64.3 cm³/mol. The van der Waals surface area contributed by atoms with Crippen molar-refractivity contribution >= 4 is 28.4 Å². The summed E-state index contributed by atoms with van der Waals surface area (Å²) in [5, 5.41) is 3.31. The molecule has 4 nitrogen and oxygen atoms in total. The van der Waals surface area contributed by atoms with Crippen molar-refractivity contribution < 1.29 is 4.74 Å². The van der Waals surface area contributed by atoms with Crippen LogP contribution in [0.1, 0.15) is 13.3 Å². The molecule has 0 aromatic carbocycles. The molecule has 0 spiro atoms. The van der Waals surface area contributed by atoms with E-state index in [2.05, 4.69) is 44.8 Å². The SMILES string of the molecule is COCCC(C)Nc1ncncc1I. The molecule has 0 radical (unpaired) electrons. The summed E-state index contributed by atoms with van der Waals surface area (Å²) in [6, 6.07) is 0.360. The van der Waals surface area contributed by atoms with Crippen LogP contribution in [0.15, 0.2) is 12.5 Å². The van der Waals surface area contributed by atoms with Gasteiger partial charge in [-0.2, -0.15) is 0 Å². The van der Waals surface area contributed by atoms with Crippen molar-refractivity contribution in [3.8, 4) is 0 Å². The Morgan fingerprint density at radius 1 is 1.64 bits per heavy atom. The van der Waals surface area contributed by atoms with E-state index in [0.29, 0.717) is 6.04 Å². The molecule has 0 fully saturated rings. The largest absolute Gasteiger partial charge is 0.385 e. The summed E-state index contributed by atoms with van der Waals surface area (Å²) in [5.41, 5.74) is 0. The van der Waals surface area contributed by atoms with Gasteiger partial charge in [-0.05, 0) is 35.9 Å². The number of anilines is 1. The molecule has 0 saturated carbocycles. The van der Waals surface area contributed by atoms with Crippen molar-refractivity contribution in [1.29, 1.82) is 0 Å². The highest BCUT2D eigenvalue weighted by atomic mass is 127. The maximum absolute atomic E-state index is 5.01. The van der Waals surface area contributed by atoms with Crippen molar-refractivity contribution in [3.05, 3.63) is 16.1 Å². The molecule has 1 atom stereocenters. The summed E-state index contributed by atoms with van der Waals surface area (Å²) in [6.07, 6.45) is 4.31. The van der Waals surface area contributed by atoms with Gasteiger partial charge >= 0.3 is 0 Å². The van der Waals surface area contributed by atoms with Gasteiger partial charge in [0, 0.05) is 26.0 Å². The van der Waals surface area contributed by atoms with Gasteiger partial charge in [0.25, 0.3) is 0 Å². The van der Waals surface area contributed by atoms with Gasteiger partial charge in [0.1, 0.15) is 12.1 Å². The van der Waals surface area contributed by atoms with E-state index in [4.69, 9.17) is 4.74 Å². The molecule has 0 amide bonds. The molecule has 1 heterocycles. The van der Waals surface area contributed by atoms with E-state index in [0.717, 1.165) is 22.4 Å². The monoisotopic (exact) mass is 307 g/mol.